The van der Waals surface area contributed by atoms with Gasteiger partial charge in [-0.3, -0.25) is 0 Å². The van der Waals surface area contributed by atoms with Gasteiger partial charge in [0.1, 0.15) is 11.8 Å². The van der Waals surface area contributed by atoms with Crippen LogP contribution < -0.4 is 4.90 Å². The van der Waals surface area contributed by atoms with Gasteiger partial charge in [0.25, 0.3) is 0 Å². The molecule has 0 aromatic carbocycles. The summed E-state index contributed by atoms with van der Waals surface area (Å²) in [7, 11) is 0. The second-order valence-electron chi connectivity index (χ2n) is 6.07. The zero-order chi connectivity index (χ0) is 16.5. The first-order valence-electron chi connectivity index (χ1n) is 8.34. The second-order valence-corrected chi connectivity index (χ2v) is 6.07. The van der Waals surface area contributed by atoms with Crippen molar-refractivity contribution in [2.75, 3.05) is 31.2 Å². The standard InChI is InChI=1S/C17H20N4O3/c22-7-5-21(6-8-23)16-15-14(18-10-19-16)12-9-11-3-1-2-4-13(11)20-17(12)24-15/h9-10,22-23H,1-8H2. The molecule has 0 radical (unpaired) electrons. The van der Waals surface area contributed by atoms with Crippen molar-refractivity contribution < 1.29 is 14.6 Å². The third kappa shape index (κ3) is 2.50. The Morgan fingerprint density at radius 3 is 2.67 bits per heavy atom. The smallest absolute Gasteiger partial charge is 0.229 e. The maximum absolute atomic E-state index is 9.27. The highest BCUT2D eigenvalue weighted by atomic mass is 16.3. The lowest BCUT2D eigenvalue weighted by molar-refractivity contribution is 0.280. The minimum Gasteiger partial charge on any atom is -0.432 e. The Morgan fingerprint density at radius 1 is 1.08 bits per heavy atom. The lowest BCUT2D eigenvalue weighted by Crippen LogP contribution is -2.30. The van der Waals surface area contributed by atoms with E-state index in [-0.39, 0.29) is 13.2 Å². The van der Waals surface area contributed by atoms with Crippen LogP contribution in [0.5, 0.6) is 0 Å². The molecule has 4 rings (SSSR count). The van der Waals surface area contributed by atoms with Gasteiger partial charge in [-0.1, -0.05) is 0 Å². The van der Waals surface area contributed by atoms with E-state index < -0.39 is 0 Å². The quantitative estimate of drug-likeness (QED) is 0.731. The number of aryl methyl sites for hydroxylation is 2. The van der Waals surface area contributed by atoms with Crippen molar-refractivity contribution >= 4 is 28.0 Å². The number of anilines is 1. The Bertz CT molecular complexity index is 871. The number of aliphatic hydroxyl groups is 2. The molecule has 0 amide bonds. The highest BCUT2D eigenvalue weighted by Gasteiger charge is 2.21. The molecule has 2 N–H and O–H groups in total. The van der Waals surface area contributed by atoms with E-state index in [4.69, 9.17) is 9.40 Å². The summed E-state index contributed by atoms with van der Waals surface area (Å²) in [5, 5.41) is 19.4. The van der Waals surface area contributed by atoms with Crippen LogP contribution in [-0.4, -0.2) is 51.5 Å². The third-order valence-electron chi connectivity index (χ3n) is 4.54. The molecule has 0 spiro atoms. The first-order valence-corrected chi connectivity index (χ1v) is 8.34. The third-order valence-corrected chi connectivity index (χ3v) is 4.54. The van der Waals surface area contributed by atoms with Crippen molar-refractivity contribution in [3.8, 4) is 0 Å². The molecule has 0 saturated carbocycles. The van der Waals surface area contributed by atoms with Crippen LogP contribution in [0.2, 0.25) is 0 Å². The molecule has 0 aliphatic heterocycles. The van der Waals surface area contributed by atoms with Crippen LogP contribution in [0, 0.1) is 0 Å². The predicted octanol–water partition coefficient (Wildman–Crippen LogP) is 1.44. The van der Waals surface area contributed by atoms with E-state index >= 15 is 0 Å². The molecule has 24 heavy (non-hydrogen) atoms. The second kappa shape index (κ2) is 6.33. The summed E-state index contributed by atoms with van der Waals surface area (Å²) in [6, 6.07) is 2.14. The summed E-state index contributed by atoms with van der Waals surface area (Å²) >= 11 is 0. The summed E-state index contributed by atoms with van der Waals surface area (Å²) in [6.45, 7) is 0.678. The summed E-state index contributed by atoms with van der Waals surface area (Å²) in [5.74, 6) is 0.582. The number of aliphatic hydroxyl groups excluding tert-OH is 2. The van der Waals surface area contributed by atoms with Gasteiger partial charge < -0.3 is 19.5 Å². The summed E-state index contributed by atoms with van der Waals surface area (Å²) in [6.07, 6.45) is 5.88. The zero-order valence-corrected chi connectivity index (χ0v) is 13.4. The Kier molecular flexibility index (Phi) is 4.03. The highest BCUT2D eigenvalue weighted by molar-refractivity contribution is 6.04. The van der Waals surface area contributed by atoms with E-state index in [9.17, 15) is 10.2 Å². The Balaban J connectivity index is 1.90. The van der Waals surface area contributed by atoms with Crippen LogP contribution in [0.4, 0.5) is 5.82 Å². The summed E-state index contributed by atoms with van der Waals surface area (Å²) in [5.41, 5.74) is 4.27. The van der Waals surface area contributed by atoms with Crippen LogP contribution >= 0.6 is 0 Å². The molecular formula is C17H20N4O3. The predicted molar refractivity (Wildman–Crippen MR) is 90.1 cm³/mol. The minimum absolute atomic E-state index is 0.0295. The number of rotatable bonds is 5. The SMILES string of the molecule is OCCN(CCO)c1ncnc2c1oc1nc3c(cc12)CCCC3. The van der Waals surface area contributed by atoms with Crippen molar-refractivity contribution in [1.82, 2.24) is 15.0 Å². The molecule has 0 fully saturated rings. The van der Waals surface area contributed by atoms with Gasteiger partial charge in [0.05, 0.1) is 18.6 Å². The van der Waals surface area contributed by atoms with E-state index in [1.807, 2.05) is 0 Å². The van der Waals surface area contributed by atoms with Crippen molar-refractivity contribution in [1.29, 1.82) is 0 Å². The first-order chi connectivity index (χ1) is 11.8. The molecular weight excluding hydrogens is 308 g/mol. The van der Waals surface area contributed by atoms with Gasteiger partial charge in [-0.15, -0.1) is 0 Å². The minimum atomic E-state index is -0.0295. The average molecular weight is 328 g/mol. The van der Waals surface area contributed by atoms with Gasteiger partial charge in [0, 0.05) is 18.8 Å². The molecule has 7 heteroatoms. The van der Waals surface area contributed by atoms with Gasteiger partial charge in [0.2, 0.25) is 5.71 Å². The van der Waals surface area contributed by atoms with Crippen molar-refractivity contribution in [3.63, 3.8) is 0 Å². The summed E-state index contributed by atoms with van der Waals surface area (Å²) < 4.78 is 5.98. The van der Waals surface area contributed by atoms with Gasteiger partial charge in [-0.25, -0.2) is 15.0 Å². The zero-order valence-electron chi connectivity index (χ0n) is 13.4. The topological polar surface area (TPSA) is 95.5 Å². The van der Waals surface area contributed by atoms with Crippen molar-refractivity contribution in [2.24, 2.45) is 0 Å². The molecule has 0 atom stereocenters. The molecule has 7 nitrogen and oxygen atoms in total. The fourth-order valence-electron chi connectivity index (χ4n) is 3.40. The molecule has 3 heterocycles. The number of nitrogens with zero attached hydrogens (tertiary/aromatic N) is 4. The fraction of sp³-hybridized carbons (Fsp3) is 0.471. The Morgan fingerprint density at radius 2 is 1.88 bits per heavy atom. The Labute approximate surface area is 139 Å². The van der Waals surface area contributed by atoms with E-state index in [0.717, 1.165) is 35.9 Å². The van der Waals surface area contributed by atoms with Crippen molar-refractivity contribution in [2.45, 2.75) is 25.7 Å². The van der Waals surface area contributed by atoms with Gasteiger partial charge in [-0.2, -0.15) is 0 Å². The number of pyridine rings is 1. The molecule has 3 aromatic heterocycles. The molecule has 3 aromatic rings. The number of hydrogen-bond donors (Lipinski definition) is 2. The number of fused-ring (bicyclic) bond motifs is 4. The molecule has 1 aliphatic carbocycles. The average Bonchev–Trinajstić information content (AvgIpc) is 2.97. The van der Waals surface area contributed by atoms with Gasteiger partial charge in [0.15, 0.2) is 11.4 Å². The van der Waals surface area contributed by atoms with Gasteiger partial charge >= 0.3 is 0 Å². The van der Waals surface area contributed by atoms with E-state index in [1.54, 1.807) is 4.90 Å². The molecule has 126 valence electrons. The molecule has 0 bridgehead atoms. The monoisotopic (exact) mass is 328 g/mol. The normalized spacial score (nSPS) is 14.2. The molecule has 1 aliphatic rings. The molecule has 0 saturated heterocycles. The van der Waals surface area contributed by atoms with E-state index in [1.165, 1.54) is 18.3 Å². The lowest BCUT2D eigenvalue weighted by atomic mass is 9.95. The van der Waals surface area contributed by atoms with Crippen LogP contribution in [0.25, 0.3) is 22.2 Å². The van der Waals surface area contributed by atoms with Crippen LogP contribution in [-0.2, 0) is 12.8 Å². The number of furan rings is 1. The number of aromatic nitrogens is 3. The maximum atomic E-state index is 9.27. The van der Waals surface area contributed by atoms with Gasteiger partial charge in [-0.05, 0) is 37.3 Å². The molecule has 0 unspecified atom stereocenters. The summed E-state index contributed by atoms with van der Waals surface area (Å²) in [4.78, 5) is 15.2. The highest BCUT2D eigenvalue weighted by Crippen LogP contribution is 2.33. The number of hydrogen-bond acceptors (Lipinski definition) is 7. The van der Waals surface area contributed by atoms with E-state index in [2.05, 4.69) is 16.0 Å². The first kappa shape index (κ1) is 15.3. The van der Waals surface area contributed by atoms with E-state index in [0.29, 0.717) is 30.2 Å². The van der Waals surface area contributed by atoms with Crippen LogP contribution in [0.3, 0.4) is 0 Å². The van der Waals surface area contributed by atoms with Crippen molar-refractivity contribution in [3.05, 3.63) is 23.7 Å². The Hall–Kier alpha value is -2.25. The lowest BCUT2D eigenvalue weighted by Gasteiger charge is -2.21. The van der Waals surface area contributed by atoms with Crippen LogP contribution in [0.15, 0.2) is 16.8 Å². The van der Waals surface area contributed by atoms with Crippen LogP contribution in [0.1, 0.15) is 24.1 Å². The fourth-order valence-corrected chi connectivity index (χ4v) is 3.40. The maximum Gasteiger partial charge on any atom is 0.229 e. The largest absolute Gasteiger partial charge is 0.432 e.